The molecule has 1 aliphatic rings. The number of hydrogen-bond acceptors (Lipinski definition) is 5. The molecule has 5 N–H and O–H groups in total. The van der Waals surface area contributed by atoms with Crippen molar-refractivity contribution in [2.75, 3.05) is 13.1 Å². The number of carboxylic acid groups (broad SMARTS) is 1. The van der Waals surface area contributed by atoms with Gasteiger partial charge in [0.15, 0.2) is 0 Å². The van der Waals surface area contributed by atoms with Gasteiger partial charge in [0.2, 0.25) is 0 Å². The number of terminal acetylenes is 1. The van der Waals surface area contributed by atoms with Crippen LogP contribution in [0.3, 0.4) is 0 Å². The second-order valence-electron chi connectivity index (χ2n) is 6.58. The minimum absolute atomic E-state index is 0.0828. The quantitative estimate of drug-likeness (QED) is 0.178. The summed E-state index contributed by atoms with van der Waals surface area (Å²) in [5, 5.41) is 20.9. The average molecular weight is 513 g/mol. The smallest absolute Gasteiger partial charge is 0.475 e. The van der Waals surface area contributed by atoms with Crippen LogP contribution in [0, 0.1) is 17.8 Å². The number of nitrogens with one attached hydrogen (secondary N) is 3. The monoisotopic (exact) mass is 513 g/mol. The standard InChI is InChI=1S/C14H14F5N3O3S.C2HF3O2/c1-2-14(7-20-8-14)11(13(24)22-25)21-12(23)9-3-5-10(6-4-9)26(15,16,17,18)19;3-2(4,5)1(6)7/h1,3-6,11,20,25H,7-8H2,(H,21,23)(H,22,24);(H,6,7)/t11-;/m1./s1. The highest BCUT2D eigenvalue weighted by molar-refractivity contribution is 8.45. The van der Waals surface area contributed by atoms with E-state index in [1.54, 1.807) is 0 Å². The molecule has 1 atom stereocenters. The van der Waals surface area contributed by atoms with Gasteiger partial charge in [-0.25, -0.2) is 10.3 Å². The lowest BCUT2D eigenvalue weighted by Gasteiger charge is -2.43. The van der Waals surface area contributed by atoms with E-state index in [0.29, 0.717) is 12.1 Å². The summed E-state index contributed by atoms with van der Waals surface area (Å²) >= 11 is 0. The number of hydrogen-bond donors (Lipinski definition) is 5. The Morgan fingerprint density at radius 3 is 1.82 bits per heavy atom. The van der Waals surface area contributed by atoms with Crippen molar-refractivity contribution in [3.05, 3.63) is 29.8 Å². The zero-order valence-electron chi connectivity index (χ0n) is 15.9. The zero-order valence-corrected chi connectivity index (χ0v) is 16.7. The molecule has 0 saturated carbocycles. The molecule has 33 heavy (non-hydrogen) atoms. The van der Waals surface area contributed by atoms with Crippen LogP contribution in [0.25, 0.3) is 0 Å². The van der Waals surface area contributed by atoms with Crippen molar-refractivity contribution in [1.82, 2.24) is 16.1 Å². The van der Waals surface area contributed by atoms with E-state index in [9.17, 15) is 42.2 Å². The van der Waals surface area contributed by atoms with Crippen LogP contribution in [0.15, 0.2) is 29.2 Å². The number of aliphatic carboxylic acids is 1. The van der Waals surface area contributed by atoms with Gasteiger partial charge in [-0.3, -0.25) is 14.8 Å². The second-order valence-corrected chi connectivity index (χ2v) is 8.99. The number of benzene rings is 1. The van der Waals surface area contributed by atoms with Crippen LogP contribution in [-0.4, -0.2) is 53.4 Å². The SMILES string of the molecule is C#CC1([C@H](NC(=O)c2ccc(S(F)(F)(F)(F)F)cc2)C(=O)NO)CNC1.O=C(O)C(F)(F)F. The van der Waals surface area contributed by atoms with Crippen LogP contribution >= 0.6 is 10.2 Å². The molecule has 1 aromatic carbocycles. The Hall–Kier alpha value is -3.10. The Bertz CT molecular complexity index is 970. The van der Waals surface area contributed by atoms with Crippen LogP contribution in [0.1, 0.15) is 10.4 Å². The molecular formula is C16H15F8N3O5S. The maximum atomic E-state index is 12.7. The molecule has 0 bridgehead atoms. The summed E-state index contributed by atoms with van der Waals surface area (Å²) in [6.07, 6.45) is 0.283. The summed E-state index contributed by atoms with van der Waals surface area (Å²) in [5.74, 6) is -2.47. The highest BCUT2D eigenvalue weighted by Gasteiger charge is 2.65. The molecule has 1 aliphatic heterocycles. The van der Waals surface area contributed by atoms with Gasteiger partial charge in [0, 0.05) is 18.7 Å². The van der Waals surface area contributed by atoms with Crippen LogP contribution in [-0.2, 0) is 9.59 Å². The Balaban J connectivity index is 0.000000675. The predicted octanol–water partition coefficient (Wildman–Crippen LogP) is 2.80. The molecule has 1 aromatic rings. The van der Waals surface area contributed by atoms with E-state index in [2.05, 4.69) is 16.6 Å². The normalized spacial score (nSPS) is 17.9. The van der Waals surface area contributed by atoms with E-state index in [1.807, 2.05) is 0 Å². The van der Waals surface area contributed by atoms with Crippen molar-refractivity contribution in [1.29, 1.82) is 0 Å². The molecular weight excluding hydrogens is 498 g/mol. The second kappa shape index (κ2) is 8.35. The van der Waals surface area contributed by atoms with Crippen molar-refractivity contribution in [3.63, 3.8) is 0 Å². The molecule has 2 amide bonds. The fraction of sp³-hybridized carbons (Fsp3) is 0.312. The van der Waals surface area contributed by atoms with Gasteiger partial charge in [0.25, 0.3) is 11.8 Å². The zero-order chi connectivity index (χ0) is 25.9. The molecule has 2 rings (SSSR count). The summed E-state index contributed by atoms with van der Waals surface area (Å²) < 4.78 is 95.2. The molecule has 17 heteroatoms. The molecule has 0 spiro atoms. The van der Waals surface area contributed by atoms with E-state index in [0.717, 1.165) is 0 Å². The van der Waals surface area contributed by atoms with Gasteiger partial charge in [-0.2, -0.15) is 13.2 Å². The number of carboxylic acids is 1. The third-order valence-corrected chi connectivity index (χ3v) is 5.34. The Labute approximate surface area is 180 Å². The van der Waals surface area contributed by atoms with E-state index in [4.69, 9.17) is 21.5 Å². The van der Waals surface area contributed by atoms with Gasteiger partial charge in [-0.1, -0.05) is 25.3 Å². The lowest BCUT2D eigenvalue weighted by atomic mass is 9.75. The van der Waals surface area contributed by atoms with Crippen molar-refractivity contribution < 1.29 is 57.3 Å². The molecule has 0 unspecified atom stereocenters. The number of carbonyl (C=O) groups excluding carboxylic acids is 2. The Morgan fingerprint density at radius 1 is 1.09 bits per heavy atom. The van der Waals surface area contributed by atoms with Gasteiger partial charge in [-0.15, -0.1) is 6.42 Å². The summed E-state index contributed by atoms with van der Waals surface area (Å²) in [4.78, 5) is 30.7. The summed E-state index contributed by atoms with van der Waals surface area (Å²) in [6.45, 7) is 0.288. The maximum absolute atomic E-state index is 12.7. The molecule has 0 aliphatic carbocycles. The first-order chi connectivity index (χ1) is 14.7. The number of alkyl halides is 3. The predicted molar refractivity (Wildman–Crippen MR) is 96.8 cm³/mol. The van der Waals surface area contributed by atoms with Gasteiger partial charge in [-0.05, 0) is 24.3 Å². The summed E-state index contributed by atoms with van der Waals surface area (Å²) in [5.41, 5.74) is -0.195. The number of amides is 2. The molecule has 8 nitrogen and oxygen atoms in total. The molecule has 1 saturated heterocycles. The topological polar surface area (TPSA) is 128 Å². The lowest BCUT2D eigenvalue weighted by Crippen LogP contribution is -2.67. The first-order valence-electron chi connectivity index (χ1n) is 8.24. The van der Waals surface area contributed by atoms with Crippen LogP contribution < -0.4 is 16.1 Å². The van der Waals surface area contributed by atoms with Gasteiger partial charge < -0.3 is 15.7 Å². The number of halogens is 8. The molecule has 186 valence electrons. The largest absolute Gasteiger partial charge is 0.490 e. The fourth-order valence-corrected chi connectivity index (χ4v) is 3.03. The van der Waals surface area contributed by atoms with E-state index < -0.39 is 56.1 Å². The lowest BCUT2D eigenvalue weighted by molar-refractivity contribution is -0.192. The Morgan fingerprint density at radius 2 is 1.55 bits per heavy atom. The van der Waals surface area contributed by atoms with Crippen molar-refractivity contribution >= 4 is 28.0 Å². The minimum atomic E-state index is -9.85. The highest BCUT2D eigenvalue weighted by Crippen LogP contribution is 3.02. The summed E-state index contributed by atoms with van der Waals surface area (Å²) in [7, 11) is -9.85. The fourth-order valence-electron chi connectivity index (χ4n) is 2.38. The third-order valence-electron chi connectivity index (χ3n) is 4.17. The van der Waals surface area contributed by atoms with Gasteiger partial charge in [0.1, 0.15) is 10.9 Å². The van der Waals surface area contributed by atoms with Crippen LogP contribution in [0.4, 0.5) is 32.6 Å². The van der Waals surface area contributed by atoms with Gasteiger partial charge in [0.05, 0.1) is 5.41 Å². The number of hydroxylamine groups is 1. The summed E-state index contributed by atoms with van der Waals surface area (Å²) in [6, 6.07) is -0.115. The van der Waals surface area contributed by atoms with E-state index >= 15 is 0 Å². The van der Waals surface area contributed by atoms with E-state index in [1.165, 1.54) is 5.48 Å². The highest BCUT2D eigenvalue weighted by atomic mass is 32.5. The molecule has 0 radical (unpaired) electrons. The van der Waals surface area contributed by atoms with E-state index in [-0.39, 0.29) is 25.2 Å². The van der Waals surface area contributed by atoms with Crippen molar-refractivity contribution in [2.45, 2.75) is 17.1 Å². The van der Waals surface area contributed by atoms with Crippen LogP contribution in [0.2, 0.25) is 0 Å². The first-order valence-corrected chi connectivity index (χ1v) is 10.2. The minimum Gasteiger partial charge on any atom is -0.475 e. The Kier molecular flexibility index (Phi) is 7.07. The van der Waals surface area contributed by atoms with Crippen molar-refractivity contribution in [3.8, 4) is 12.3 Å². The maximum Gasteiger partial charge on any atom is 0.490 e. The third kappa shape index (κ3) is 7.20. The number of carbonyl (C=O) groups is 3. The average Bonchev–Trinajstić information content (AvgIpc) is 2.64. The number of rotatable bonds is 5. The molecule has 0 aromatic heterocycles. The molecule has 1 fully saturated rings. The van der Waals surface area contributed by atoms with Crippen LogP contribution in [0.5, 0.6) is 0 Å². The van der Waals surface area contributed by atoms with Crippen molar-refractivity contribution in [2.24, 2.45) is 5.41 Å². The first kappa shape index (κ1) is 27.9. The van der Waals surface area contributed by atoms with Gasteiger partial charge >= 0.3 is 22.4 Å². The molecule has 1 heterocycles.